The van der Waals surface area contributed by atoms with Crippen LogP contribution in [0.4, 0.5) is 9.59 Å². The molecule has 0 fully saturated rings. The van der Waals surface area contributed by atoms with Gasteiger partial charge in [-0.2, -0.15) is 0 Å². The number of para-hydroxylation sites is 1. The second kappa shape index (κ2) is 12.2. The normalized spacial score (nSPS) is 11.1. The van der Waals surface area contributed by atoms with Crippen LogP contribution in [-0.4, -0.2) is 29.3 Å². The predicted octanol–water partition coefficient (Wildman–Crippen LogP) is 5.66. The second-order valence-corrected chi connectivity index (χ2v) is 7.98. The Morgan fingerprint density at radius 2 is 1.38 bits per heavy atom. The van der Waals surface area contributed by atoms with Gasteiger partial charge in [0.1, 0.15) is 18.9 Å². The summed E-state index contributed by atoms with van der Waals surface area (Å²) in [5, 5.41) is 3.15. The van der Waals surface area contributed by atoms with E-state index in [0.717, 1.165) is 11.1 Å². The van der Waals surface area contributed by atoms with Gasteiger partial charge >= 0.3 is 18.2 Å². The van der Waals surface area contributed by atoms with Crippen LogP contribution in [0.15, 0.2) is 96.8 Å². The zero-order valence-corrected chi connectivity index (χ0v) is 20.3. The van der Waals surface area contributed by atoms with Crippen molar-refractivity contribution in [2.24, 2.45) is 0 Å². The highest BCUT2D eigenvalue weighted by Crippen LogP contribution is 2.24. The van der Waals surface area contributed by atoms with E-state index in [1.807, 2.05) is 66.7 Å². The van der Waals surface area contributed by atoms with Crippen LogP contribution in [0, 0.1) is 0 Å². The molecule has 37 heavy (non-hydrogen) atoms. The Hall–Kier alpha value is -4.85. The van der Waals surface area contributed by atoms with Crippen LogP contribution >= 0.6 is 0 Å². The third-order valence-electron chi connectivity index (χ3n) is 5.39. The maximum atomic E-state index is 12.9. The van der Waals surface area contributed by atoms with Crippen LogP contribution in [0.25, 0.3) is 17.0 Å². The predicted molar refractivity (Wildman–Crippen MR) is 138 cm³/mol. The zero-order valence-electron chi connectivity index (χ0n) is 20.3. The van der Waals surface area contributed by atoms with Crippen LogP contribution in [-0.2, 0) is 32.2 Å². The monoisotopic (exact) mass is 498 g/mol. The Morgan fingerprint density at radius 3 is 2.03 bits per heavy atom. The molecule has 3 aromatic carbocycles. The molecule has 188 valence electrons. The first kappa shape index (κ1) is 25.2. The van der Waals surface area contributed by atoms with Crippen LogP contribution in [0.2, 0.25) is 0 Å². The van der Waals surface area contributed by atoms with E-state index in [1.54, 1.807) is 31.3 Å². The molecule has 1 amide bonds. The van der Waals surface area contributed by atoms with Crippen molar-refractivity contribution < 1.29 is 28.6 Å². The molecule has 1 heterocycles. The summed E-state index contributed by atoms with van der Waals surface area (Å²) >= 11 is 0. The summed E-state index contributed by atoms with van der Waals surface area (Å²) in [7, 11) is 0. The first-order valence-corrected chi connectivity index (χ1v) is 11.7. The number of benzene rings is 3. The molecule has 0 bridgehead atoms. The van der Waals surface area contributed by atoms with Crippen molar-refractivity contribution in [2.75, 3.05) is 6.61 Å². The molecule has 0 saturated carbocycles. The highest BCUT2D eigenvalue weighted by molar-refractivity contribution is 6.01. The molecule has 4 aromatic rings. The molecule has 0 spiro atoms. The Labute approximate surface area is 214 Å². The van der Waals surface area contributed by atoms with Gasteiger partial charge in [0.05, 0.1) is 12.1 Å². The first-order chi connectivity index (χ1) is 18.0. The first-order valence-electron chi connectivity index (χ1n) is 11.7. The van der Waals surface area contributed by atoms with Crippen LogP contribution < -0.4 is 5.32 Å². The molecule has 8 heteroatoms. The highest BCUT2D eigenvalue weighted by Gasteiger charge is 2.19. The van der Waals surface area contributed by atoms with Crippen LogP contribution in [0.1, 0.15) is 23.6 Å². The molecule has 0 aliphatic rings. The van der Waals surface area contributed by atoms with Crippen molar-refractivity contribution in [2.45, 2.75) is 20.1 Å². The standard InChI is InChI=1S/C29H26N2O6/c1-2-35-27(32)25(30-28(33)36-19-21-11-5-3-6-12-21)17-23-18-31(26-16-10-9-15-24(23)26)29(34)37-20-22-13-7-4-8-14-22/h3-18H,2,19-20H2,1H3,(H,30,33)/b25-17-. The fourth-order valence-electron chi connectivity index (χ4n) is 3.64. The lowest BCUT2D eigenvalue weighted by atomic mass is 10.1. The van der Waals surface area contributed by atoms with Gasteiger partial charge in [0, 0.05) is 17.1 Å². The van der Waals surface area contributed by atoms with E-state index >= 15 is 0 Å². The summed E-state index contributed by atoms with van der Waals surface area (Å²) in [5.74, 6) is -0.734. The van der Waals surface area contributed by atoms with Gasteiger partial charge in [0.25, 0.3) is 0 Å². The van der Waals surface area contributed by atoms with E-state index in [2.05, 4.69) is 5.32 Å². The number of nitrogens with zero attached hydrogens (tertiary/aromatic N) is 1. The minimum Gasteiger partial charge on any atom is -0.461 e. The number of esters is 1. The molecule has 0 saturated heterocycles. The summed E-state index contributed by atoms with van der Waals surface area (Å²) in [5.41, 5.74) is 2.63. The van der Waals surface area contributed by atoms with Gasteiger partial charge in [-0.3, -0.25) is 9.88 Å². The number of carbonyl (C=O) groups is 3. The topological polar surface area (TPSA) is 95.9 Å². The lowest BCUT2D eigenvalue weighted by molar-refractivity contribution is -0.138. The summed E-state index contributed by atoms with van der Waals surface area (Å²) in [6.07, 6.45) is 1.61. The van der Waals surface area contributed by atoms with Crippen molar-refractivity contribution in [3.63, 3.8) is 0 Å². The number of amides is 1. The highest BCUT2D eigenvalue weighted by atomic mass is 16.6. The molecular formula is C29H26N2O6. The fourth-order valence-corrected chi connectivity index (χ4v) is 3.64. The second-order valence-electron chi connectivity index (χ2n) is 7.98. The molecule has 0 aliphatic heterocycles. The average Bonchev–Trinajstić information content (AvgIpc) is 3.30. The van der Waals surface area contributed by atoms with Crippen LogP contribution in [0.3, 0.4) is 0 Å². The number of fused-ring (bicyclic) bond motifs is 1. The lowest BCUT2D eigenvalue weighted by Gasteiger charge is -2.10. The SMILES string of the molecule is CCOC(=O)/C(=C/c1cn(C(=O)OCc2ccccc2)c2ccccc12)NC(=O)OCc1ccccc1. The van der Waals surface area contributed by atoms with E-state index in [0.29, 0.717) is 16.5 Å². The van der Waals surface area contributed by atoms with Crippen molar-refractivity contribution in [3.05, 3.63) is 114 Å². The quantitative estimate of drug-likeness (QED) is 0.191. The van der Waals surface area contributed by atoms with Gasteiger partial charge in [0.2, 0.25) is 0 Å². The number of rotatable bonds is 8. The molecule has 0 aliphatic carbocycles. The van der Waals surface area contributed by atoms with E-state index in [-0.39, 0.29) is 25.5 Å². The number of carbonyl (C=O) groups excluding carboxylic acids is 3. The molecular weight excluding hydrogens is 472 g/mol. The minimum atomic E-state index is -0.811. The van der Waals surface area contributed by atoms with E-state index in [4.69, 9.17) is 14.2 Å². The summed E-state index contributed by atoms with van der Waals surface area (Å²) in [4.78, 5) is 38.0. The molecule has 1 aromatic heterocycles. The maximum absolute atomic E-state index is 12.9. The molecule has 0 atom stereocenters. The number of hydrogen-bond donors (Lipinski definition) is 1. The van der Waals surface area contributed by atoms with E-state index < -0.39 is 18.2 Å². The number of nitrogens with one attached hydrogen (secondary N) is 1. The largest absolute Gasteiger partial charge is 0.461 e. The zero-order chi connectivity index (χ0) is 26.0. The molecule has 4 rings (SSSR count). The van der Waals surface area contributed by atoms with Crippen molar-refractivity contribution in [1.82, 2.24) is 9.88 Å². The third kappa shape index (κ3) is 6.64. The van der Waals surface area contributed by atoms with Gasteiger partial charge in [-0.1, -0.05) is 78.9 Å². The minimum absolute atomic E-state index is 0.0370. The number of aromatic nitrogens is 1. The molecule has 0 radical (unpaired) electrons. The number of alkyl carbamates (subject to hydrolysis) is 1. The Morgan fingerprint density at radius 1 is 0.784 bits per heavy atom. The summed E-state index contributed by atoms with van der Waals surface area (Å²) < 4.78 is 17.2. The average molecular weight is 499 g/mol. The van der Waals surface area contributed by atoms with E-state index in [1.165, 1.54) is 10.6 Å². The molecule has 8 nitrogen and oxygen atoms in total. The molecule has 1 N–H and O–H groups in total. The lowest BCUT2D eigenvalue weighted by Crippen LogP contribution is -2.29. The Bertz CT molecular complexity index is 1410. The van der Waals surface area contributed by atoms with Crippen LogP contribution in [0.5, 0.6) is 0 Å². The summed E-state index contributed by atoms with van der Waals surface area (Å²) in [6.45, 7) is 1.93. The van der Waals surface area contributed by atoms with Gasteiger partial charge in [-0.25, -0.2) is 14.4 Å². The molecule has 0 unspecified atom stereocenters. The number of ether oxygens (including phenoxy) is 3. The Balaban J connectivity index is 1.57. The maximum Gasteiger partial charge on any atom is 0.418 e. The van der Waals surface area contributed by atoms with Gasteiger partial charge in [-0.05, 0) is 30.2 Å². The van der Waals surface area contributed by atoms with E-state index in [9.17, 15) is 14.4 Å². The van der Waals surface area contributed by atoms with Crippen molar-refractivity contribution >= 4 is 35.1 Å². The third-order valence-corrected chi connectivity index (χ3v) is 5.39. The van der Waals surface area contributed by atoms with Gasteiger partial charge < -0.3 is 14.2 Å². The van der Waals surface area contributed by atoms with Crippen molar-refractivity contribution in [3.8, 4) is 0 Å². The van der Waals surface area contributed by atoms with Crippen molar-refractivity contribution in [1.29, 1.82) is 0 Å². The summed E-state index contributed by atoms with van der Waals surface area (Å²) in [6, 6.07) is 25.7. The number of hydrogen-bond acceptors (Lipinski definition) is 6. The van der Waals surface area contributed by atoms with Gasteiger partial charge in [-0.15, -0.1) is 0 Å². The fraction of sp³-hybridized carbons (Fsp3) is 0.138. The van der Waals surface area contributed by atoms with Gasteiger partial charge in [0.15, 0.2) is 0 Å². The smallest absolute Gasteiger partial charge is 0.418 e. The Kier molecular flexibility index (Phi) is 8.33.